The fourth-order valence-electron chi connectivity index (χ4n) is 3.40. The zero-order valence-corrected chi connectivity index (χ0v) is 16.3. The molecule has 0 N–H and O–H groups in total. The number of carbonyl (C=O) groups is 2. The second-order valence-electron chi connectivity index (χ2n) is 6.82. The van der Waals surface area contributed by atoms with E-state index in [1.807, 2.05) is 0 Å². The highest BCUT2D eigenvalue weighted by Crippen LogP contribution is 2.30. The van der Waals surface area contributed by atoms with Crippen LogP contribution in [0, 0.1) is 10.1 Å². The molecule has 0 radical (unpaired) electrons. The smallest absolute Gasteiger partial charge is 0.269 e. The summed E-state index contributed by atoms with van der Waals surface area (Å²) in [6.07, 6.45) is 6.34. The molecule has 0 unspecified atom stereocenters. The summed E-state index contributed by atoms with van der Waals surface area (Å²) in [5.41, 5.74) is 2.27. The van der Waals surface area contributed by atoms with Gasteiger partial charge in [-0.15, -0.1) is 0 Å². The number of benzene rings is 2. The molecule has 0 saturated heterocycles. The maximum Gasteiger partial charge on any atom is 0.276 e. The van der Waals surface area contributed by atoms with Crippen LogP contribution in [-0.4, -0.2) is 26.6 Å². The van der Waals surface area contributed by atoms with E-state index in [0.717, 1.165) is 4.90 Å². The Balaban J connectivity index is 1.72. The largest absolute Gasteiger partial charge is 0.276 e. The van der Waals surface area contributed by atoms with Crippen LogP contribution >= 0.6 is 0 Å². The number of allylic oxidation sites excluding steroid dienone is 2. The number of hydrogen-bond acceptors (Lipinski definition) is 5. The second kappa shape index (κ2) is 8.54. The van der Waals surface area contributed by atoms with Gasteiger partial charge >= 0.3 is 0 Å². The molecule has 2 aromatic carbocycles. The number of aromatic nitrogens is 1. The SMILES string of the molecule is O=C1C(=CC=Cc2ccccc2[N+](=O)[O-])c2ccccc2C(=O)N1Cc1ccccn1. The molecule has 7 nitrogen and oxygen atoms in total. The molecule has 1 aromatic heterocycles. The summed E-state index contributed by atoms with van der Waals surface area (Å²) < 4.78 is 0. The van der Waals surface area contributed by atoms with Gasteiger partial charge in [0.25, 0.3) is 17.5 Å². The van der Waals surface area contributed by atoms with Crippen LogP contribution in [0.15, 0.2) is 85.1 Å². The van der Waals surface area contributed by atoms with Crippen molar-refractivity contribution < 1.29 is 14.5 Å². The van der Waals surface area contributed by atoms with Crippen molar-refractivity contribution >= 4 is 29.2 Å². The molecule has 4 rings (SSSR count). The van der Waals surface area contributed by atoms with Crippen LogP contribution < -0.4 is 0 Å². The Morgan fingerprint density at radius 1 is 0.903 bits per heavy atom. The number of nitrogens with zero attached hydrogens (tertiary/aromatic N) is 3. The Morgan fingerprint density at radius 2 is 1.61 bits per heavy atom. The number of hydrogen-bond donors (Lipinski definition) is 0. The van der Waals surface area contributed by atoms with E-state index in [1.165, 1.54) is 6.07 Å². The van der Waals surface area contributed by atoms with E-state index < -0.39 is 10.8 Å². The first-order chi connectivity index (χ1) is 15.1. The summed E-state index contributed by atoms with van der Waals surface area (Å²) in [4.78, 5) is 42.3. The molecule has 0 bridgehead atoms. The van der Waals surface area contributed by atoms with Crippen LogP contribution in [0.2, 0.25) is 0 Å². The fraction of sp³-hybridized carbons (Fsp3) is 0.0417. The zero-order chi connectivity index (χ0) is 21.8. The third-order valence-electron chi connectivity index (χ3n) is 4.89. The van der Waals surface area contributed by atoms with E-state index in [1.54, 1.807) is 85.1 Å². The molecule has 7 heteroatoms. The normalized spacial score (nSPS) is 14.8. The molecule has 2 amide bonds. The summed E-state index contributed by atoms with van der Waals surface area (Å²) in [5, 5.41) is 11.2. The number of rotatable bonds is 5. The minimum atomic E-state index is -0.457. The van der Waals surface area contributed by atoms with Gasteiger partial charge in [-0.2, -0.15) is 0 Å². The summed E-state index contributed by atoms with van der Waals surface area (Å²) in [6.45, 7) is 0.0536. The molecule has 0 aliphatic carbocycles. The molecular weight excluding hydrogens is 394 g/mol. The number of nitro benzene ring substituents is 1. The van der Waals surface area contributed by atoms with E-state index in [4.69, 9.17) is 0 Å². The molecule has 0 saturated carbocycles. The molecule has 3 aromatic rings. The van der Waals surface area contributed by atoms with Crippen LogP contribution in [0.4, 0.5) is 5.69 Å². The number of para-hydroxylation sites is 1. The maximum atomic E-state index is 13.2. The summed E-state index contributed by atoms with van der Waals surface area (Å²) >= 11 is 0. The lowest BCUT2D eigenvalue weighted by atomic mass is 9.93. The van der Waals surface area contributed by atoms with Crippen molar-refractivity contribution in [1.82, 2.24) is 9.88 Å². The third kappa shape index (κ3) is 4.02. The van der Waals surface area contributed by atoms with E-state index in [2.05, 4.69) is 4.98 Å². The highest BCUT2D eigenvalue weighted by atomic mass is 16.6. The lowest BCUT2D eigenvalue weighted by Crippen LogP contribution is -2.41. The lowest BCUT2D eigenvalue weighted by Gasteiger charge is -2.28. The predicted octanol–water partition coefficient (Wildman–Crippen LogP) is 4.27. The number of imide groups is 1. The Hall–Kier alpha value is -4.39. The van der Waals surface area contributed by atoms with Crippen LogP contribution in [0.25, 0.3) is 11.6 Å². The fourth-order valence-corrected chi connectivity index (χ4v) is 3.40. The van der Waals surface area contributed by atoms with Gasteiger partial charge in [0.05, 0.1) is 22.7 Å². The highest BCUT2D eigenvalue weighted by molar-refractivity contribution is 6.31. The van der Waals surface area contributed by atoms with Gasteiger partial charge in [-0.05, 0) is 42.0 Å². The Labute approximate surface area is 178 Å². The van der Waals surface area contributed by atoms with E-state index >= 15 is 0 Å². The van der Waals surface area contributed by atoms with Crippen LogP contribution in [-0.2, 0) is 11.3 Å². The Kier molecular flexibility index (Phi) is 5.49. The summed E-state index contributed by atoms with van der Waals surface area (Å²) in [5.74, 6) is -0.826. The molecule has 2 heterocycles. The third-order valence-corrected chi connectivity index (χ3v) is 4.89. The Bertz CT molecular complexity index is 1230. The average molecular weight is 411 g/mol. The second-order valence-corrected chi connectivity index (χ2v) is 6.82. The van der Waals surface area contributed by atoms with Crippen molar-refractivity contribution in [2.24, 2.45) is 0 Å². The number of amides is 2. The number of carbonyl (C=O) groups excluding carboxylic acids is 2. The van der Waals surface area contributed by atoms with E-state index in [0.29, 0.717) is 28.0 Å². The van der Waals surface area contributed by atoms with Crippen molar-refractivity contribution in [2.45, 2.75) is 6.54 Å². The number of pyridine rings is 1. The minimum absolute atomic E-state index is 0.0283. The predicted molar refractivity (Wildman–Crippen MR) is 116 cm³/mol. The van der Waals surface area contributed by atoms with Crippen molar-refractivity contribution in [3.8, 4) is 0 Å². The van der Waals surface area contributed by atoms with Gasteiger partial charge in [-0.3, -0.25) is 29.6 Å². The van der Waals surface area contributed by atoms with Gasteiger partial charge in [-0.25, -0.2) is 0 Å². The van der Waals surface area contributed by atoms with Crippen molar-refractivity contribution in [1.29, 1.82) is 0 Å². The molecule has 0 fully saturated rings. The van der Waals surface area contributed by atoms with Gasteiger partial charge in [-0.1, -0.05) is 42.5 Å². The summed E-state index contributed by atoms with van der Waals surface area (Å²) in [7, 11) is 0. The van der Waals surface area contributed by atoms with Crippen LogP contribution in [0.3, 0.4) is 0 Å². The molecule has 0 atom stereocenters. The van der Waals surface area contributed by atoms with Crippen LogP contribution in [0.5, 0.6) is 0 Å². The molecule has 1 aliphatic heterocycles. The van der Waals surface area contributed by atoms with E-state index in [-0.39, 0.29) is 18.1 Å². The van der Waals surface area contributed by atoms with Crippen molar-refractivity contribution in [3.63, 3.8) is 0 Å². The maximum absolute atomic E-state index is 13.2. The van der Waals surface area contributed by atoms with Gasteiger partial charge in [0.1, 0.15) is 0 Å². The first kappa shape index (κ1) is 19.9. The van der Waals surface area contributed by atoms with Crippen LogP contribution in [0.1, 0.15) is 27.2 Å². The highest BCUT2D eigenvalue weighted by Gasteiger charge is 2.34. The first-order valence-electron chi connectivity index (χ1n) is 9.53. The van der Waals surface area contributed by atoms with E-state index in [9.17, 15) is 19.7 Å². The van der Waals surface area contributed by atoms with Gasteiger partial charge in [0.2, 0.25) is 0 Å². The van der Waals surface area contributed by atoms with Crippen molar-refractivity contribution in [3.05, 3.63) is 118 Å². The topological polar surface area (TPSA) is 93.4 Å². The summed E-state index contributed by atoms with van der Waals surface area (Å²) in [6, 6.07) is 18.5. The Morgan fingerprint density at radius 3 is 2.35 bits per heavy atom. The van der Waals surface area contributed by atoms with Gasteiger partial charge < -0.3 is 0 Å². The molecule has 1 aliphatic rings. The van der Waals surface area contributed by atoms with Crippen molar-refractivity contribution in [2.75, 3.05) is 0 Å². The van der Waals surface area contributed by atoms with Gasteiger partial charge in [0.15, 0.2) is 0 Å². The molecule has 0 spiro atoms. The molecule has 31 heavy (non-hydrogen) atoms. The first-order valence-corrected chi connectivity index (χ1v) is 9.53. The number of nitro groups is 1. The molecule has 152 valence electrons. The monoisotopic (exact) mass is 411 g/mol. The minimum Gasteiger partial charge on any atom is -0.269 e. The molecular formula is C24H17N3O4. The zero-order valence-electron chi connectivity index (χ0n) is 16.3. The average Bonchev–Trinajstić information content (AvgIpc) is 2.80. The lowest BCUT2D eigenvalue weighted by molar-refractivity contribution is -0.385. The standard InChI is InChI=1S/C24H17N3O4/c28-23-20-12-3-2-11-19(20)21(24(29)26(23)16-18-10-5-6-15-25-18)13-7-9-17-8-1-4-14-22(17)27(30)31/h1-15H,16H2. The number of fused-ring (bicyclic) bond motifs is 1. The quantitative estimate of drug-likeness (QED) is 0.271. The van der Waals surface area contributed by atoms with Gasteiger partial charge in [0, 0.05) is 23.4 Å².